The van der Waals surface area contributed by atoms with Gasteiger partial charge in [0.05, 0.1) is 0 Å². The Labute approximate surface area is 111 Å². The highest BCUT2D eigenvalue weighted by atomic mass is 16.1. The number of carbonyl (C=O) groups is 1. The molecule has 3 heteroatoms. The molecule has 0 fully saturated rings. The maximum absolute atomic E-state index is 11.7. The molecule has 1 amide bonds. The largest absolute Gasteiger partial charge is 0.356 e. The summed E-state index contributed by atoms with van der Waals surface area (Å²) in [5.74, 6) is 0.0883. The van der Waals surface area contributed by atoms with E-state index in [-0.39, 0.29) is 17.4 Å². The molecule has 18 heavy (non-hydrogen) atoms. The van der Waals surface area contributed by atoms with Gasteiger partial charge in [0.15, 0.2) is 0 Å². The summed E-state index contributed by atoms with van der Waals surface area (Å²) in [7, 11) is 0. The van der Waals surface area contributed by atoms with E-state index >= 15 is 0 Å². The lowest BCUT2D eigenvalue weighted by Crippen LogP contribution is -2.34. The summed E-state index contributed by atoms with van der Waals surface area (Å²) in [6, 6.07) is -0.0318. The Morgan fingerprint density at radius 1 is 1.50 bits per heavy atom. The molecule has 0 aliphatic heterocycles. The first-order valence-electron chi connectivity index (χ1n) is 7.07. The molecule has 0 heterocycles. The van der Waals surface area contributed by atoms with E-state index in [4.69, 9.17) is 5.73 Å². The number of hydrogen-bond acceptors (Lipinski definition) is 2. The van der Waals surface area contributed by atoms with Crippen LogP contribution < -0.4 is 11.1 Å². The first-order valence-corrected chi connectivity index (χ1v) is 7.07. The summed E-state index contributed by atoms with van der Waals surface area (Å²) in [5, 5.41) is 2.97. The maximum atomic E-state index is 11.7. The molecule has 0 spiro atoms. The Kier molecular flexibility index (Phi) is 5.86. The van der Waals surface area contributed by atoms with E-state index < -0.39 is 0 Å². The van der Waals surface area contributed by atoms with Crippen LogP contribution in [-0.4, -0.2) is 18.5 Å². The molecule has 0 aromatic rings. The maximum Gasteiger partial charge on any atom is 0.221 e. The fourth-order valence-corrected chi connectivity index (χ4v) is 2.50. The average Bonchev–Trinajstić information content (AvgIpc) is 2.66. The van der Waals surface area contributed by atoms with Crippen molar-refractivity contribution >= 4 is 5.91 Å². The van der Waals surface area contributed by atoms with Gasteiger partial charge < -0.3 is 11.1 Å². The number of rotatable bonds is 6. The topological polar surface area (TPSA) is 55.1 Å². The van der Waals surface area contributed by atoms with Crippen molar-refractivity contribution in [3.63, 3.8) is 0 Å². The highest BCUT2D eigenvalue weighted by molar-refractivity contribution is 5.76. The van der Waals surface area contributed by atoms with Crippen molar-refractivity contribution in [2.24, 2.45) is 11.1 Å². The SMILES string of the molecule is CC(C)(C)CC(N)CC(=O)NCCC1=CCCC1. The number of allylic oxidation sites excluding steroid dienone is 1. The predicted molar refractivity (Wildman–Crippen MR) is 76.2 cm³/mol. The molecular weight excluding hydrogens is 224 g/mol. The Morgan fingerprint density at radius 2 is 2.22 bits per heavy atom. The van der Waals surface area contributed by atoms with Crippen LogP contribution in [0.4, 0.5) is 0 Å². The zero-order valence-corrected chi connectivity index (χ0v) is 12.1. The average molecular weight is 252 g/mol. The number of amides is 1. The van der Waals surface area contributed by atoms with Gasteiger partial charge in [0.1, 0.15) is 0 Å². The Hall–Kier alpha value is -0.830. The van der Waals surface area contributed by atoms with Gasteiger partial charge in [0, 0.05) is 19.0 Å². The zero-order chi connectivity index (χ0) is 13.6. The van der Waals surface area contributed by atoms with E-state index in [9.17, 15) is 4.79 Å². The predicted octanol–water partition coefficient (Wildman–Crippen LogP) is 2.76. The minimum Gasteiger partial charge on any atom is -0.356 e. The fourth-order valence-electron chi connectivity index (χ4n) is 2.50. The van der Waals surface area contributed by atoms with Crippen LogP contribution in [-0.2, 0) is 4.79 Å². The van der Waals surface area contributed by atoms with E-state index in [1.807, 2.05) is 0 Å². The third kappa shape index (κ3) is 6.80. The van der Waals surface area contributed by atoms with Gasteiger partial charge >= 0.3 is 0 Å². The Bertz CT molecular complexity index is 302. The smallest absolute Gasteiger partial charge is 0.221 e. The van der Waals surface area contributed by atoms with Gasteiger partial charge in [-0.25, -0.2) is 0 Å². The van der Waals surface area contributed by atoms with Crippen molar-refractivity contribution in [2.75, 3.05) is 6.54 Å². The van der Waals surface area contributed by atoms with Gasteiger partial charge in [0.25, 0.3) is 0 Å². The summed E-state index contributed by atoms with van der Waals surface area (Å²) in [4.78, 5) is 11.7. The second-order valence-electron chi connectivity index (χ2n) is 6.58. The van der Waals surface area contributed by atoms with E-state index in [1.54, 1.807) is 0 Å². The van der Waals surface area contributed by atoms with E-state index in [0.29, 0.717) is 6.42 Å². The molecule has 0 radical (unpaired) electrons. The lowest BCUT2D eigenvalue weighted by atomic mass is 9.87. The van der Waals surface area contributed by atoms with Crippen molar-refractivity contribution in [1.82, 2.24) is 5.32 Å². The molecule has 0 saturated heterocycles. The minimum atomic E-state index is -0.0318. The highest BCUT2D eigenvalue weighted by Crippen LogP contribution is 2.21. The van der Waals surface area contributed by atoms with Crippen LogP contribution in [0.1, 0.15) is 59.3 Å². The van der Waals surface area contributed by atoms with Crippen LogP contribution in [0.2, 0.25) is 0 Å². The molecule has 1 aliphatic rings. The fraction of sp³-hybridized carbons (Fsp3) is 0.800. The molecule has 0 bridgehead atoms. The molecule has 0 aromatic carbocycles. The van der Waals surface area contributed by atoms with Crippen LogP contribution >= 0.6 is 0 Å². The molecule has 104 valence electrons. The van der Waals surface area contributed by atoms with Crippen LogP contribution in [0.25, 0.3) is 0 Å². The Morgan fingerprint density at radius 3 is 2.78 bits per heavy atom. The number of carbonyl (C=O) groups excluding carboxylic acids is 1. The summed E-state index contributed by atoms with van der Waals surface area (Å²) in [6.07, 6.45) is 8.32. The molecule has 1 rings (SSSR count). The Balaban J connectivity index is 2.13. The van der Waals surface area contributed by atoms with Crippen molar-refractivity contribution in [2.45, 2.75) is 65.3 Å². The van der Waals surface area contributed by atoms with Crippen LogP contribution in [0.5, 0.6) is 0 Å². The van der Waals surface area contributed by atoms with Gasteiger partial charge in [-0.2, -0.15) is 0 Å². The molecule has 1 unspecified atom stereocenters. The third-order valence-corrected chi connectivity index (χ3v) is 3.23. The second-order valence-corrected chi connectivity index (χ2v) is 6.58. The summed E-state index contributed by atoms with van der Waals surface area (Å²) >= 11 is 0. The van der Waals surface area contributed by atoms with Crippen molar-refractivity contribution in [3.05, 3.63) is 11.6 Å². The molecule has 1 aliphatic carbocycles. The van der Waals surface area contributed by atoms with Crippen molar-refractivity contribution in [3.8, 4) is 0 Å². The molecule has 0 saturated carbocycles. The lowest BCUT2D eigenvalue weighted by molar-refractivity contribution is -0.121. The standard InChI is InChI=1S/C15H28N2O/c1-15(2,3)11-13(16)10-14(18)17-9-8-12-6-4-5-7-12/h6,13H,4-5,7-11,16H2,1-3H3,(H,17,18). The van der Waals surface area contributed by atoms with E-state index in [1.165, 1.54) is 24.8 Å². The summed E-state index contributed by atoms with van der Waals surface area (Å²) in [5.41, 5.74) is 7.67. The van der Waals surface area contributed by atoms with Crippen LogP contribution in [0, 0.1) is 5.41 Å². The second kappa shape index (κ2) is 6.93. The van der Waals surface area contributed by atoms with E-state index in [2.05, 4.69) is 32.2 Å². The van der Waals surface area contributed by atoms with Crippen molar-refractivity contribution < 1.29 is 4.79 Å². The van der Waals surface area contributed by atoms with Crippen molar-refractivity contribution in [1.29, 1.82) is 0 Å². The molecule has 3 nitrogen and oxygen atoms in total. The molecular formula is C15H28N2O. The zero-order valence-electron chi connectivity index (χ0n) is 12.1. The minimum absolute atomic E-state index is 0.0318. The first kappa shape index (κ1) is 15.2. The van der Waals surface area contributed by atoms with Gasteiger partial charge in [-0.1, -0.05) is 32.4 Å². The van der Waals surface area contributed by atoms with Gasteiger partial charge in [-0.15, -0.1) is 0 Å². The van der Waals surface area contributed by atoms with Crippen LogP contribution in [0.15, 0.2) is 11.6 Å². The first-order chi connectivity index (χ1) is 8.37. The quantitative estimate of drug-likeness (QED) is 0.714. The highest BCUT2D eigenvalue weighted by Gasteiger charge is 2.17. The van der Waals surface area contributed by atoms with Crippen LogP contribution in [0.3, 0.4) is 0 Å². The number of nitrogens with two attached hydrogens (primary N) is 1. The molecule has 3 N–H and O–H groups in total. The molecule has 1 atom stereocenters. The monoisotopic (exact) mass is 252 g/mol. The summed E-state index contributed by atoms with van der Waals surface area (Å²) < 4.78 is 0. The number of hydrogen-bond donors (Lipinski definition) is 2. The summed E-state index contributed by atoms with van der Waals surface area (Å²) in [6.45, 7) is 7.21. The normalized spacial score (nSPS) is 17.4. The third-order valence-electron chi connectivity index (χ3n) is 3.23. The van der Waals surface area contributed by atoms with Gasteiger partial charge in [-0.3, -0.25) is 4.79 Å². The lowest BCUT2D eigenvalue weighted by Gasteiger charge is -2.22. The molecule has 0 aromatic heterocycles. The van der Waals surface area contributed by atoms with Gasteiger partial charge in [0.2, 0.25) is 5.91 Å². The van der Waals surface area contributed by atoms with E-state index in [0.717, 1.165) is 19.4 Å². The van der Waals surface area contributed by atoms with Gasteiger partial charge in [-0.05, 0) is 37.5 Å². The number of nitrogens with one attached hydrogen (secondary N) is 1.